The second-order valence-corrected chi connectivity index (χ2v) is 6.40. The standard InChI is InChI=1S/C11H16FN3O3S/c1-19(17,18)3-2-14-7-8-4-9(11(13)15-16)6-10(12)5-8/h4-6,14,16H,2-3,7H2,1H3,(H2,13,15). The normalized spacial score (nSPS) is 12.6. The van der Waals surface area contributed by atoms with Crippen LogP contribution in [-0.4, -0.2) is 38.0 Å². The van der Waals surface area contributed by atoms with E-state index in [2.05, 4.69) is 10.5 Å². The van der Waals surface area contributed by atoms with Crippen molar-refractivity contribution in [3.05, 3.63) is 35.1 Å². The first-order chi connectivity index (χ1) is 8.81. The van der Waals surface area contributed by atoms with Gasteiger partial charge in [0.15, 0.2) is 5.84 Å². The predicted molar refractivity (Wildman–Crippen MR) is 70.3 cm³/mol. The van der Waals surface area contributed by atoms with Crippen LogP contribution in [0.25, 0.3) is 0 Å². The lowest BCUT2D eigenvalue weighted by Gasteiger charge is -2.07. The molecule has 106 valence electrons. The number of nitrogens with zero attached hydrogens (tertiary/aromatic N) is 1. The number of hydrogen-bond donors (Lipinski definition) is 3. The Balaban J connectivity index is 2.66. The van der Waals surface area contributed by atoms with Gasteiger partial charge in [0, 0.05) is 24.9 Å². The first kappa shape index (κ1) is 15.4. The molecule has 0 radical (unpaired) electrons. The molecule has 0 amide bonds. The number of oxime groups is 1. The zero-order chi connectivity index (χ0) is 14.5. The maximum atomic E-state index is 13.3. The van der Waals surface area contributed by atoms with Crippen LogP contribution in [0.1, 0.15) is 11.1 Å². The van der Waals surface area contributed by atoms with E-state index in [1.807, 2.05) is 0 Å². The lowest BCUT2D eigenvalue weighted by Crippen LogP contribution is -2.22. The molecule has 8 heteroatoms. The lowest BCUT2D eigenvalue weighted by molar-refractivity contribution is 0.318. The van der Waals surface area contributed by atoms with Crippen molar-refractivity contribution in [1.82, 2.24) is 5.32 Å². The second-order valence-electron chi connectivity index (χ2n) is 4.14. The van der Waals surface area contributed by atoms with Gasteiger partial charge in [-0.1, -0.05) is 5.16 Å². The molecule has 0 spiro atoms. The van der Waals surface area contributed by atoms with Gasteiger partial charge in [0.2, 0.25) is 0 Å². The fourth-order valence-corrected chi connectivity index (χ4v) is 1.96. The summed E-state index contributed by atoms with van der Waals surface area (Å²) in [5, 5.41) is 14.2. The summed E-state index contributed by atoms with van der Waals surface area (Å²) in [7, 11) is -3.02. The molecular formula is C11H16FN3O3S. The van der Waals surface area contributed by atoms with E-state index < -0.39 is 15.7 Å². The quantitative estimate of drug-likeness (QED) is 0.226. The number of halogens is 1. The summed E-state index contributed by atoms with van der Waals surface area (Å²) in [6, 6.07) is 4.00. The summed E-state index contributed by atoms with van der Waals surface area (Å²) in [4.78, 5) is 0. The van der Waals surface area contributed by atoms with Crippen molar-refractivity contribution in [3.63, 3.8) is 0 Å². The Bertz CT molecular complexity index is 573. The van der Waals surface area contributed by atoms with Crippen LogP contribution in [0.4, 0.5) is 4.39 Å². The molecule has 0 saturated heterocycles. The van der Waals surface area contributed by atoms with E-state index in [1.165, 1.54) is 6.07 Å². The van der Waals surface area contributed by atoms with Crippen molar-refractivity contribution in [2.24, 2.45) is 10.9 Å². The van der Waals surface area contributed by atoms with E-state index in [0.717, 1.165) is 12.3 Å². The van der Waals surface area contributed by atoms with Gasteiger partial charge in [0.25, 0.3) is 0 Å². The van der Waals surface area contributed by atoms with Crippen molar-refractivity contribution in [1.29, 1.82) is 0 Å². The monoisotopic (exact) mass is 289 g/mol. The van der Waals surface area contributed by atoms with Crippen molar-refractivity contribution < 1.29 is 18.0 Å². The molecule has 0 atom stereocenters. The number of hydrogen-bond acceptors (Lipinski definition) is 5. The first-order valence-electron chi connectivity index (χ1n) is 5.47. The Kier molecular flexibility index (Phi) is 5.25. The topological polar surface area (TPSA) is 105 Å². The summed E-state index contributed by atoms with van der Waals surface area (Å²) in [6.07, 6.45) is 1.15. The van der Waals surface area contributed by atoms with E-state index in [0.29, 0.717) is 12.1 Å². The van der Waals surface area contributed by atoms with Gasteiger partial charge < -0.3 is 16.3 Å². The van der Waals surface area contributed by atoms with E-state index >= 15 is 0 Å². The summed E-state index contributed by atoms with van der Waals surface area (Å²) < 4.78 is 35.1. The molecule has 19 heavy (non-hydrogen) atoms. The average Bonchev–Trinajstić information content (AvgIpc) is 2.32. The van der Waals surface area contributed by atoms with Gasteiger partial charge in [-0.25, -0.2) is 12.8 Å². The summed E-state index contributed by atoms with van der Waals surface area (Å²) >= 11 is 0. The van der Waals surface area contributed by atoms with Crippen molar-refractivity contribution in [2.45, 2.75) is 6.54 Å². The molecule has 1 rings (SSSR count). The van der Waals surface area contributed by atoms with Crippen LogP contribution in [0.15, 0.2) is 23.4 Å². The van der Waals surface area contributed by atoms with E-state index in [9.17, 15) is 12.8 Å². The number of sulfone groups is 1. The van der Waals surface area contributed by atoms with Crippen molar-refractivity contribution in [3.8, 4) is 0 Å². The zero-order valence-electron chi connectivity index (χ0n) is 10.4. The highest BCUT2D eigenvalue weighted by Crippen LogP contribution is 2.09. The maximum Gasteiger partial charge on any atom is 0.170 e. The molecule has 0 fully saturated rings. The Hall–Kier alpha value is -1.67. The lowest BCUT2D eigenvalue weighted by atomic mass is 10.1. The maximum absolute atomic E-state index is 13.3. The minimum Gasteiger partial charge on any atom is -0.409 e. The van der Waals surface area contributed by atoms with Crippen LogP contribution in [0.2, 0.25) is 0 Å². The minimum atomic E-state index is -3.02. The van der Waals surface area contributed by atoms with Gasteiger partial charge in [0.05, 0.1) is 5.75 Å². The Labute approximate surface area is 111 Å². The summed E-state index contributed by atoms with van der Waals surface area (Å²) in [5.41, 5.74) is 6.22. The summed E-state index contributed by atoms with van der Waals surface area (Å²) in [6.45, 7) is 0.563. The predicted octanol–water partition coefficient (Wildman–Crippen LogP) is 0.0544. The van der Waals surface area contributed by atoms with Gasteiger partial charge in [-0.3, -0.25) is 0 Å². The molecule has 0 bridgehead atoms. The molecule has 0 saturated carbocycles. The van der Waals surface area contributed by atoms with Gasteiger partial charge in [-0.05, 0) is 23.8 Å². The number of amidine groups is 1. The van der Waals surface area contributed by atoms with Gasteiger partial charge in [-0.2, -0.15) is 0 Å². The molecule has 0 aromatic heterocycles. The molecular weight excluding hydrogens is 273 g/mol. The van der Waals surface area contributed by atoms with Gasteiger partial charge in [-0.15, -0.1) is 0 Å². The van der Waals surface area contributed by atoms with Crippen LogP contribution < -0.4 is 11.1 Å². The molecule has 0 heterocycles. The van der Waals surface area contributed by atoms with E-state index in [-0.39, 0.29) is 23.7 Å². The Morgan fingerprint density at radius 1 is 1.47 bits per heavy atom. The van der Waals surface area contributed by atoms with Crippen LogP contribution in [0, 0.1) is 5.82 Å². The minimum absolute atomic E-state index is 0.00934. The second kappa shape index (κ2) is 6.48. The number of nitrogens with two attached hydrogens (primary N) is 1. The molecule has 0 aliphatic carbocycles. The highest BCUT2D eigenvalue weighted by atomic mass is 32.2. The Morgan fingerprint density at radius 3 is 2.74 bits per heavy atom. The van der Waals surface area contributed by atoms with Gasteiger partial charge in [0.1, 0.15) is 15.7 Å². The van der Waals surface area contributed by atoms with Crippen molar-refractivity contribution in [2.75, 3.05) is 18.6 Å². The molecule has 1 aromatic rings. The van der Waals surface area contributed by atoms with Crippen LogP contribution in [0.5, 0.6) is 0 Å². The molecule has 0 aliphatic rings. The van der Waals surface area contributed by atoms with Crippen LogP contribution in [-0.2, 0) is 16.4 Å². The zero-order valence-corrected chi connectivity index (χ0v) is 11.2. The largest absolute Gasteiger partial charge is 0.409 e. The molecule has 1 aromatic carbocycles. The van der Waals surface area contributed by atoms with Crippen LogP contribution >= 0.6 is 0 Å². The number of nitrogens with one attached hydrogen (secondary N) is 1. The third-order valence-corrected chi connectivity index (χ3v) is 3.29. The molecule has 6 nitrogen and oxygen atoms in total. The number of rotatable bonds is 6. The number of benzene rings is 1. The average molecular weight is 289 g/mol. The van der Waals surface area contributed by atoms with E-state index in [4.69, 9.17) is 10.9 Å². The first-order valence-corrected chi connectivity index (χ1v) is 7.53. The molecule has 0 unspecified atom stereocenters. The van der Waals surface area contributed by atoms with Gasteiger partial charge >= 0.3 is 0 Å². The summed E-state index contributed by atoms with van der Waals surface area (Å²) in [5.74, 6) is -0.684. The van der Waals surface area contributed by atoms with Crippen molar-refractivity contribution >= 4 is 15.7 Å². The molecule has 4 N–H and O–H groups in total. The Morgan fingerprint density at radius 2 is 2.16 bits per heavy atom. The highest BCUT2D eigenvalue weighted by molar-refractivity contribution is 7.90. The fourth-order valence-electron chi connectivity index (χ4n) is 1.45. The third kappa shape index (κ3) is 5.66. The molecule has 0 aliphatic heterocycles. The fraction of sp³-hybridized carbons (Fsp3) is 0.364. The SMILES string of the molecule is CS(=O)(=O)CCNCc1cc(F)cc(/C(N)=N/O)c1. The van der Waals surface area contributed by atoms with E-state index in [1.54, 1.807) is 6.07 Å². The highest BCUT2D eigenvalue weighted by Gasteiger charge is 2.05. The smallest absolute Gasteiger partial charge is 0.170 e. The third-order valence-electron chi connectivity index (χ3n) is 2.34. The van der Waals surface area contributed by atoms with Crippen LogP contribution in [0.3, 0.4) is 0 Å².